The maximum absolute atomic E-state index is 12.5. The minimum absolute atomic E-state index is 0.173. The van der Waals surface area contributed by atoms with Gasteiger partial charge in [0.2, 0.25) is 0 Å². The summed E-state index contributed by atoms with van der Waals surface area (Å²) in [6, 6.07) is 16.8. The van der Waals surface area contributed by atoms with Crippen molar-refractivity contribution in [1.29, 1.82) is 5.26 Å². The SMILES string of the molecule is Cc1ccc(N(CCC#N)C(=O)COC(=O)CCSc2ccccc2Cl)cc1. The average Bonchev–Trinajstić information content (AvgIpc) is 2.69. The molecule has 0 saturated heterocycles. The maximum atomic E-state index is 12.5. The molecule has 0 N–H and O–H groups in total. The third kappa shape index (κ3) is 6.91. The summed E-state index contributed by atoms with van der Waals surface area (Å²) in [7, 11) is 0. The van der Waals surface area contributed by atoms with Crippen molar-refractivity contribution >= 4 is 40.9 Å². The van der Waals surface area contributed by atoms with Gasteiger partial charge in [-0.25, -0.2) is 0 Å². The van der Waals surface area contributed by atoms with Gasteiger partial charge in [-0.3, -0.25) is 9.59 Å². The van der Waals surface area contributed by atoms with Gasteiger partial charge in [0, 0.05) is 22.9 Å². The molecule has 0 aromatic heterocycles. The van der Waals surface area contributed by atoms with Crippen molar-refractivity contribution in [2.45, 2.75) is 24.7 Å². The Balaban J connectivity index is 1.83. The Morgan fingerprint density at radius 2 is 1.89 bits per heavy atom. The van der Waals surface area contributed by atoms with Gasteiger partial charge in [-0.2, -0.15) is 5.26 Å². The zero-order valence-electron chi connectivity index (χ0n) is 15.6. The molecule has 0 unspecified atom stereocenters. The molecule has 0 fully saturated rings. The number of nitriles is 1. The molecular weight excluding hydrogens is 396 g/mol. The van der Waals surface area contributed by atoms with Crippen LogP contribution in [0.25, 0.3) is 0 Å². The molecule has 0 saturated carbocycles. The van der Waals surface area contributed by atoms with E-state index in [1.54, 1.807) is 6.07 Å². The summed E-state index contributed by atoms with van der Waals surface area (Å²) in [4.78, 5) is 26.8. The van der Waals surface area contributed by atoms with E-state index < -0.39 is 5.97 Å². The number of thioether (sulfide) groups is 1. The number of benzene rings is 2. The highest BCUT2D eigenvalue weighted by atomic mass is 35.5. The van der Waals surface area contributed by atoms with Crippen molar-refractivity contribution in [2.75, 3.05) is 23.8 Å². The number of anilines is 1. The van der Waals surface area contributed by atoms with E-state index in [-0.39, 0.29) is 31.9 Å². The molecule has 0 radical (unpaired) electrons. The Morgan fingerprint density at radius 3 is 2.57 bits per heavy atom. The molecule has 0 bridgehead atoms. The number of carbonyl (C=O) groups is 2. The highest BCUT2D eigenvalue weighted by Gasteiger charge is 2.17. The predicted molar refractivity (Wildman–Crippen MR) is 112 cm³/mol. The van der Waals surface area contributed by atoms with Crippen molar-refractivity contribution in [3.63, 3.8) is 0 Å². The number of nitrogens with zero attached hydrogens (tertiary/aromatic N) is 2. The smallest absolute Gasteiger partial charge is 0.307 e. The van der Waals surface area contributed by atoms with Crippen LogP contribution < -0.4 is 4.90 Å². The quantitative estimate of drug-likeness (QED) is 0.440. The summed E-state index contributed by atoms with van der Waals surface area (Å²) in [5.74, 6) is -0.296. The van der Waals surface area contributed by atoms with Crippen LogP contribution in [0.1, 0.15) is 18.4 Å². The monoisotopic (exact) mass is 416 g/mol. The van der Waals surface area contributed by atoms with Crippen molar-refractivity contribution in [1.82, 2.24) is 0 Å². The molecule has 0 aliphatic heterocycles. The van der Waals surface area contributed by atoms with E-state index in [2.05, 4.69) is 0 Å². The molecule has 0 aliphatic carbocycles. The van der Waals surface area contributed by atoms with Crippen molar-refractivity contribution in [3.8, 4) is 6.07 Å². The second-order valence-corrected chi connectivity index (χ2v) is 7.52. The minimum Gasteiger partial charge on any atom is -0.456 e. The third-order valence-corrected chi connectivity index (χ3v) is 5.37. The number of hydrogen-bond acceptors (Lipinski definition) is 5. The lowest BCUT2D eigenvalue weighted by molar-refractivity contribution is -0.147. The topological polar surface area (TPSA) is 70.4 Å². The van der Waals surface area contributed by atoms with Gasteiger partial charge in [0.05, 0.1) is 23.9 Å². The van der Waals surface area contributed by atoms with Gasteiger partial charge in [0.1, 0.15) is 0 Å². The normalized spacial score (nSPS) is 10.2. The van der Waals surface area contributed by atoms with Crippen LogP contribution in [-0.4, -0.2) is 30.8 Å². The lowest BCUT2D eigenvalue weighted by Gasteiger charge is -2.21. The van der Waals surface area contributed by atoms with E-state index >= 15 is 0 Å². The number of aryl methyl sites for hydroxylation is 1. The van der Waals surface area contributed by atoms with Crippen LogP contribution >= 0.6 is 23.4 Å². The largest absolute Gasteiger partial charge is 0.456 e. The standard InChI is InChI=1S/C21H21ClN2O3S/c1-16-7-9-17(10-8-16)24(13-4-12-23)20(25)15-27-21(26)11-14-28-19-6-3-2-5-18(19)22/h2-3,5-10H,4,11,13-15H2,1H3. The lowest BCUT2D eigenvalue weighted by Crippen LogP contribution is -2.35. The molecule has 2 aromatic rings. The Labute approximate surface area is 174 Å². The van der Waals surface area contributed by atoms with Gasteiger partial charge in [-0.05, 0) is 31.2 Å². The van der Waals surface area contributed by atoms with Crippen molar-refractivity contribution in [2.24, 2.45) is 0 Å². The first kappa shape index (κ1) is 21.8. The van der Waals surface area contributed by atoms with E-state index in [0.29, 0.717) is 16.5 Å². The summed E-state index contributed by atoms with van der Waals surface area (Å²) in [6.07, 6.45) is 0.369. The van der Waals surface area contributed by atoms with Crippen molar-refractivity contribution in [3.05, 3.63) is 59.1 Å². The van der Waals surface area contributed by atoms with E-state index in [1.807, 2.05) is 55.5 Å². The van der Waals surface area contributed by atoms with Gasteiger partial charge in [-0.1, -0.05) is 41.4 Å². The first-order chi connectivity index (χ1) is 13.5. The van der Waals surface area contributed by atoms with Gasteiger partial charge in [0.15, 0.2) is 6.61 Å². The first-order valence-corrected chi connectivity index (χ1v) is 10.1. The molecule has 7 heteroatoms. The van der Waals surface area contributed by atoms with E-state index in [9.17, 15) is 9.59 Å². The summed E-state index contributed by atoms with van der Waals surface area (Å²) >= 11 is 7.54. The molecule has 2 rings (SSSR count). The molecule has 0 atom stereocenters. The molecule has 5 nitrogen and oxygen atoms in total. The van der Waals surface area contributed by atoms with Gasteiger partial charge >= 0.3 is 5.97 Å². The predicted octanol–water partition coefficient (Wildman–Crippen LogP) is 4.62. The fourth-order valence-electron chi connectivity index (χ4n) is 2.38. The van der Waals surface area contributed by atoms with Crippen molar-refractivity contribution < 1.29 is 14.3 Å². The summed E-state index contributed by atoms with van der Waals surface area (Å²) in [5, 5.41) is 9.47. The van der Waals surface area contributed by atoms with Gasteiger partial charge in [0.25, 0.3) is 5.91 Å². The van der Waals surface area contributed by atoms with E-state index in [0.717, 1.165) is 10.5 Å². The van der Waals surface area contributed by atoms with Gasteiger partial charge in [-0.15, -0.1) is 11.8 Å². The average molecular weight is 417 g/mol. The number of esters is 1. The van der Waals surface area contributed by atoms with Crippen LogP contribution in [0.15, 0.2) is 53.4 Å². The van der Waals surface area contributed by atoms with E-state index in [1.165, 1.54) is 16.7 Å². The molecule has 146 valence electrons. The summed E-state index contributed by atoms with van der Waals surface area (Å²) in [5.41, 5.74) is 1.75. The zero-order valence-corrected chi connectivity index (χ0v) is 17.1. The Morgan fingerprint density at radius 1 is 1.18 bits per heavy atom. The maximum Gasteiger partial charge on any atom is 0.307 e. The minimum atomic E-state index is -0.447. The number of halogens is 1. The molecule has 0 heterocycles. The fourth-order valence-corrected chi connectivity index (χ4v) is 3.55. The number of amides is 1. The van der Waals surface area contributed by atoms with Crippen LogP contribution in [0.2, 0.25) is 5.02 Å². The molecule has 2 aromatic carbocycles. The fraction of sp³-hybridized carbons (Fsp3) is 0.286. The number of rotatable bonds is 9. The highest BCUT2D eigenvalue weighted by Crippen LogP contribution is 2.27. The van der Waals surface area contributed by atoms with Crippen LogP contribution in [0.3, 0.4) is 0 Å². The van der Waals surface area contributed by atoms with Crippen LogP contribution in [0.4, 0.5) is 5.69 Å². The summed E-state index contributed by atoms with van der Waals surface area (Å²) in [6.45, 7) is 1.85. The van der Waals surface area contributed by atoms with E-state index in [4.69, 9.17) is 21.6 Å². The second kappa shape index (κ2) is 11.4. The Bertz CT molecular complexity index is 849. The molecule has 0 spiro atoms. The highest BCUT2D eigenvalue weighted by molar-refractivity contribution is 7.99. The molecular formula is C21H21ClN2O3S. The van der Waals surface area contributed by atoms with Crippen LogP contribution in [0.5, 0.6) is 0 Å². The zero-order chi connectivity index (χ0) is 20.4. The molecule has 0 aliphatic rings. The first-order valence-electron chi connectivity index (χ1n) is 8.78. The Kier molecular flexibility index (Phi) is 8.86. The number of ether oxygens (including phenoxy) is 1. The number of carbonyl (C=O) groups excluding carboxylic acids is 2. The Hall–Kier alpha value is -2.49. The molecule has 28 heavy (non-hydrogen) atoms. The van der Waals surface area contributed by atoms with Gasteiger partial charge < -0.3 is 9.64 Å². The third-order valence-electron chi connectivity index (χ3n) is 3.85. The summed E-state index contributed by atoms with van der Waals surface area (Å²) < 4.78 is 5.12. The number of hydrogen-bond donors (Lipinski definition) is 0. The van der Waals surface area contributed by atoms with Crippen LogP contribution in [-0.2, 0) is 14.3 Å². The van der Waals surface area contributed by atoms with Crippen LogP contribution in [0, 0.1) is 18.3 Å². The lowest BCUT2D eigenvalue weighted by atomic mass is 10.2. The molecule has 1 amide bonds. The second-order valence-electron chi connectivity index (χ2n) is 5.98.